The van der Waals surface area contributed by atoms with Crippen molar-refractivity contribution in [2.24, 2.45) is 15.2 Å². The summed E-state index contributed by atoms with van der Waals surface area (Å²) in [7, 11) is 1.88. The van der Waals surface area contributed by atoms with Crippen LogP contribution >= 0.6 is 11.8 Å². The van der Waals surface area contributed by atoms with Crippen LogP contribution in [-0.4, -0.2) is 19.0 Å². The third-order valence-corrected chi connectivity index (χ3v) is 2.97. The average molecular weight is 302 g/mol. The van der Waals surface area contributed by atoms with Crippen LogP contribution in [0.4, 0.5) is 11.4 Å². The highest BCUT2D eigenvalue weighted by molar-refractivity contribution is 6.21. The minimum absolute atomic E-state index is 0.0159. The van der Waals surface area contributed by atoms with Crippen LogP contribution in [0.25, 0.3) is 0 Å². The standard InChI is InChI=1S/C15H16ClN5/c1-21(13-10-6-3-7-11-13)15(19-14(17)20-16)18-12-8-4-2-5-9-12/h2-11H,1H3,(H3,17,18,19,20). The van der Waals surface area contributed by atoms with Gasteiger partial charge in [0, 0.05) is 30.2 Å². The van der Waals surface area contributed by atoms with Crippen LogP contribution < -0.4 is 16.0 Å². The van der Waals surface area contributed by atoms with Crippen LogP contribution in [0.5, 0.6) is 0 Å². The number of benzene rings is 2. The molecular weight excluding hydrogens is 286 g/mol. The number of rotatable bonds is 2. The average Bonchev–Trinajstić information content (AvgIpc) is 2.55. The molecule has 0 atom stereocenters. The molecule has 5 nitrogen and oxygen atoms in total. The molecule has 0 unspecified atom stereocenters. The predicted molar refractivity (Wildman–Crippen MR) is 89.8 cm³/mol. The second-order valence-corrected chi connectivity index (χ2v) is 4.43. The highest BCUT2D eigenvalue weighted by Gasteiger charge is 2.10. The van der Waals surface area contributed by atoms with Crippen LogP contribution in [0.1, 0.15) is 0 Å². The number of hydrogen-bond acceptors (Lipinski definition) is 1. The summed E-state index contributed by atoms with van der Waals surface area (Å²) in [5.74, 6) is 0.507. The summed E-state index contributed by atoms with van der Waals surface area (Å²) >= 11 is 5.36. The Hall–Kier alpha value is -2.53. The molecule has 2 rings (SSSR count). The number of nitrogens with two attached hydrogens (primary N) is 1. The molecule has 0 aliphatic carbocycles. The normalized spacial score (nSPS) is 12.1. The maximum absolute atomic E-state index is 5.61. The number of halogens is 1. The van der Waals surface area contributed by atoms with Crippen LogP contribution in [0, 0.1) is 0 Å². The zero-order valence-electron chi connectivity index (χ0n) is 11.6. The Kier molecular flexibility index (Phi) is 5.17. The lowest BCUT2D eigenvalue weighted by atomic mass is 10.3. The maximum Gasteiger partial charge on any atom is 0.235 e. The van der Waals surface area contributed by atoms with E-state index in [9.17, 15) is 0 Å². The summed E-state index contributed by atoms with van der Waals surface area (Å²) in [6, 6.07) is 19.5. The van der Waals surface area contributed by atoms with Crippen LogP contribution in [0.2, 0.25) is 0 Å². The molecule has 2 aromatic rings. The van der Waals surface area contributed by atoms with Crippen LogP contribution in [0.3, 0.4) is 0 Å². The van der Waals surface area contributed by atoms with Gasteiger partial charge in [0.2, 0.25) is 11.9 Å². The van der Waals surface area contributed by atoms with E-state index >= 15 is 0 Å². The third kappa shape index (κ3) is 4.22. The van der Waals surface area contributed by atoms with Crippen LogP contribution in [-0.2, 0) is 0 Å². The molecule has 0 aliphatic rings. The summed E-state index contributed by atoms with van der Waals surface area (Å²) < 4.78 is 3.36. The van der Waals surface area contributed by atoms with Crippen molar-refractivity contribution < 1.29 is 0 Å². The van der Waals surface area contributed by atoms with E-state index in [2.05, 4.69) is 14.8 Å². The third-order valence-electron chi connectivity index (χ3n) is 2.80. The van der Waals surface area contributed by atoms with Gasteiger partial charge in [0.25, 0.3) is 0 Å². The van der Waals surface area contributed by atoms with E-state index in [1.807, 2.05) is 72.6 Å². The fourth-order valence-corrected chi connectivity index (χ4v) is 1.78. The van der Waals surface area contributed by atoms with Crippen molar-refractivity contribution >= 4 is 35.1 Å². The molecule has 0 saturated carbocycles. The number of aliphatic imine (C=N–C) groups is 1. The second kappa shape index (κ2) is 7.31. The molecule has 0 radical (unpaired) electrons. The summed E-state index contributed by atoms with van der Waals surface area (Å²) in [5, 5.41) is 3.20. The van der Waals surface area contributed by atoms with Gasteiger partial charge in [-0.3, -0.25) is 0 Å². The predicted octanol–water partition coefficient (Wildman–Crippen LogP) is 3.06. The van der Waals surface area contributed by atoms with Gasteiger partial charge < -0.3 is 16.0 Å². The molecule has 0 fully saturated rings. The lowest BCUT2D eigenvalue weighted by molar-refractivity contribution is 1.24. The maximum atomic E-state index is 5.61. The fraction of sp³-hybridized carbons (Fsp3) is 0.0667. The van der Waals surface area contributed by atoms with Crippen molar-refractivity contribution in [3.63, 3.8) is 0 Å². The van der Waals surface area contributed by atoms with Gasteiger partial charge in [0.05, 0.1) is 0 Å². The SMILES string of the molecule is CN(C(=NC(N)=NCl)Nc1ccccc1)c1ccccc1. The molecule has 0 aromatic heterocycles. The van der Waals surface area contributed by atoms with Crippen molar-refractivity contribution in [1.82, 2.24) is 0 Å². The first-order valence-electron chi connectivity index (χ1n) is 6.34. The molecular formula is C15H16ClN5. The Morgan fingerprint density at radius 2 is 1.62 bits per heavy atom. The molecule has 2 aromatic carbocycles. The Bertz CT molecular complexity index is 625. The smallest absolute Gasteiger partial charge is 0.235 e. The van der Waals surface area contributed by atoms with E-state index in [1.165, 1.54) is 0 Å². The zero-order valence-corrected chi connectivity index (χ0v) is 12.3. The first-order chi connectivity index (χ1) is 10.2. The summed E-state index contributed by atoms with van der Waals surface area (Å²) in [5.41, 5.74) is 7.46. The van der Waals surface area contributed by atoms with E-state index in [0.717, 1.165) is 11.4 Å². The van der Waals surface area contributed by atoms with Crippen LogP contribution in [0.15, 0.2) is 70.2 Å². The number of nitrogens with one attached hydrogen (secondary N) is 1. The molecule has 21 heavy (non-hydrogen) atoms. The monoisotopic (exact) mass is 301 g/mol. The number of hydrogen-bond donors (Lipinski definition) is 2. The van der Waals surface area contributed by atoms with Crippen molar-refractivity contribution in [2.75, 3.05) is 17.3 Å². The zero-order chi connectivity index (χ0) is 15.1. The molecule has 0 saturated heterocycles. The van der Waals surface area contributed by atoms with E-state index < -0.39 is 0 Å². The quantitative estimate of drug-likeness (QED) is 0.662. The molecule has 0 bridgehead atoms. The highest BCUT2D eigenvalue weighted by Crippen LogP contribution is 2.14. The molecule has 6 heteroatoms. The lowest BCUT2D eigenvalue weighted by Crippen LogP contribution is -2.34. The Morgan fingerprint density at radius 3 is 2.19 bits per heavy atom. The van der Waals surface area contributed by atoms with Gasteiger partial charge in [-0.25, -0.2) is 0 Å². The minimum atomic E-state index is -0.0159. The Balaban J connectivity index is 2.31. The minimum Gasteiger partial charge on any atom is -0.367 e. The molecule has 0 aliphatic heterocycles. The topological polar surface area (TPSA) is 66.0 Å². The summed E-state index contributed by atoms with van der Waals surface area (Å²) in [6.45, 7) is 0. The number of nitrogens with zero attached hydrogens (tertiary/aromatic N) is 3. The largest absolute Gasteiger partial charge is 0.367 e. The van der Waals surface area contributed by atoms with E-state index in [-0.39, 0.29) is 5.96 Å². The van der Waals surface area contributed by atoms with Gasteiger partial charge in [-0.2, -0.15) is 4.99 Å². The van der Waals surface area contributed by atoms with Crippen molar-refractivity contribution in [3.05, 3.63) is 60.7 Å². The molecule has 0 amide bonds. The first kappa shape index (κ1) is 14.9. The van der Waals surface area contributed by atoms with Gasteiger partial charge in [-0.15, -0.1) is 4.51 Å². The van der Waals surface area contributed by atoms with Crippen molar-refractivity contribution in [2.45, 2.75) is 0 Å². The summed E-state index contributed by atoms with van der Waals surface area (Å²) in [4.78, 5) is 6.06. The van der Waals surface area contributed by atoms with Crippen molar-refractivity contribution in [1.29, 1.82) is 0 Å². The van der Waals surface area contributed by atoms with E-state index in [1.54, 1.807) is 0 Å². The number of para-hydroxylation sites is 2. The Morgan fingerprint density at radius 1 is 1.05 bits per heavy atom. The molecule has 0 spiro atoms. The van der Waals surface area contributed by atoms with Gasteiger partial charge >= 0.3 is 0 Å². The van der Waals surface area contributed by atoms with Gasteiger partial charge in [0.1, 0.15) is 0 Å². The lowest BCUT2D eigenvalue weighted by Gasteiger charge is -2.22. The molecule has 108 valence electrons. The van der Waals surface area contributed by atoms with Crippen molar-refractivity contribution in [3.8, 4) is 0 Å². The molecule has 3 N–H and O–H groups in total. The number of anilines is 2. The first-order valence-corrected chi connectivity index (χ1v) is 6.68. The fourth-order valence-electron chi connectivity index (χ4n) is 1.74. The van der Waals surface area contributed by atoms with Gasteiger partial charge in [-0.1, -0.05) is 36.4 Å². The summed E-state index contributed by atoms with van der Waals surface area (Å²) in [6.07, 6.45) is 0. The van der Waals surface area contributed by atoms with E-state index in [4.69, 9.17) is 17.5 Å². The second-order valence-electron chi connectivity index (χ2n) is 4.26. The highest BCUT2D eigenvalue weighted by atomic mass is 35.5. The number of guanidine groups is 2. The Labute approximate surface area is 128 Å². The van der Waals surface area contributed by atoms with Gasteiger partial charge in [0.15, 0.2) is 0 Å². The van der Waals surface area contributed by atoms with Gasteiger partial charge in [-0.05, 0) is 24.3 Å². The van der Waals surface area contributed by atoms with E-state index in [0.29, 0.717) is 5.96 Å². The molecule has 0 heterocycles.